The van der Waals surface area contributed by atoms with E-state index < -0.39 is 0 Å². The van der Waals surface area contributed by atoms with Crippen molar-refractivity contribution in [2.24, 2.45) is 5.92 Å². The van der Waals surface area contributed by atoms with Crippen molar-refractivity contribution < 1.29 is 14.0 Å². The van der Waals surface area contributed by atoms with Gasteiger partial charge in [-0.3, -0.25) is 9.59 Å². The first-order valence-electron chi connectivity index (χ1n) is 8.71. The standard InChI is InChI=1S/C19H22N2O3/c1-12-8-13-9-15(6-7-17(13)24-12)20-19(23)14-10-18(22)21(11-14)16-4-2-3-5-16/h6-9,14,16H,2-5,10-11H2,1H3,(H,20,23). The lowest BCUT2D eigenvalue weighted by Gasteiger charge is -2.23. The second-order valence-electron chi connectivity index (χ2n) is 6.98. The molecule has 2 aromatic rings. The average molecular weight is 326 g/mol. The van der Waals surface area contributed by atoms with Crippen LogP contribution in [0.5, 0.6) is 0 Å². The summed E-state index contributed by atoms with van der Waals surface area (Å²) in [6, 6.07) is 7.92. The number of carbonyl (C=O) groups excluding carboxylic acids is 2. The Hall–Kier alpha value is -2.30. The van der Waals surface area contributed by atoms with Crippen LogP contribution in [0.25, 0.3) is 11.0 Å². The van der Waals surface area contributed by atoms with Crippen LogP contribution in [-0.4, -0.2) is 29.3 Å². The molecule has 1 saturated carbocycles. The number of amides is 2. The minimum Gasteiger partial charge on any atom is -0.461 e. The number of carbonyl (C=O) groups is 2. The van der Waals surface area contributed by atoms with E-state index in [1.807, 2.05) is 36.1 Å². The molecule has 1 aliphatic heterocycles. The lowest BCUT2D eigenvalue weighted by atomic mass is 10.1. The minimum absolute atomic E-state index is 0.0663. The highest BCUT2D eigenvalue weighted by atomic mass is 16.3. The van der Waals surface area contributed by atoms with Crippen molar-refractivity contribution in [3.63, 3.8) is 0 Å². The number of furan rings is 1. The molecule has 0 spiro atoms. The van der Waals surface area contributed by atoms with Crippen molar-refractivity contribution in [3.05, 3.63) is 30.0 Å². The Balaban J connectivity index is 1.44. The van der Waals surface area contributed by atoms with E-state index in [-0.39, 0.29) is 17.7 Å². The van der Waals surface area contributed by atoms with Crippen LogP contribution in [-0.2, 0) is 9.59 Å². The Bertz CT molecular complexity index is 789. The molecule has 1 aromatic heterocycles. The second-order valence-corrected chi connectivity index (χ2v) is 6.98. The second kappa shape index (κ2) is 5.96. The van der Waals surface area contributed by atoms with Crippen LogP contribution >= 0.6 is 0 Å². The first kappa shape index (κ1) is 15.2. The molecular formula is C19H22N2O3. The SMILES string of the molecule is Cc1cc2cc(NC(=O)C3CC(=O)N(C4CCCC4)C3)ccc2o1. The van der Waals surface area contributed by atoms with Gasteiger partial charge in [-0.25, -0.2) is 0 Å². The summed E-state index contributed by atoms with van der Waals surface area (Å²) >= 11 is 0. The summed E-state index contributed by atoms with van der Waals surface area (Å²) in [4.78, 5) is 26.7. The number of nitrogens with zero attached hydrogens (tertiary/aromatic N) is 1. The van der Waals surface area contributed by atoms with Gasteiger partial charge in [-0.05, 0) is 44.0 Å². The molecule has 1 atom stereocenters. The Kier molecular flexibility index (Phi) is 3.79. The van der Waals surface area contributed by atoms with Gasteiger partial charge in [0.25, 0.3) is 0 Å². The Labute approximate surface area is 141 Å². The van der Waals surface area contributed by atoms with Crippen LogP contribution in [0.1, 0.15) is 37.9 Å². The third-order valence-electron chi connectivity index (χ3n) is 5.20. The van der Waals surface area contributed by atoms with Gasteiger partial charge in [0, 0.05) is 30.1 Å². The molecule has 0 bridgehead atoms. The Morgan fingerprint density at radius 2 is 2.04 bits per heavy atom. The topological polar surface area (TPSA) is 62.6 Å². The van der Waals surface area contributed by atoms with Crippen molar-refractivity contribution in [2.75, 3.05) is 11.9 Å². The van der Waals surface area contributed by atoms with Gasteiger partial charge in [0.15, 0.2) is 0 Å². The summed E-state index contributed by atoms with van der Waals surface area (Å²) in [7, 11) is 0. The van der Waals surface area contributed by atoms with Crippen molar-refractivity contribution in [2.45, 2.75) is 45.1 Å². The monoisotopic (exact) mass is 326 g/mol. The zero-order valence-corrected chi connectivity index (χ0v) is 13.9. The largest absolute Gasteiger partial charge is 0.461 e. The van der Waals surface area contributed by atoms with E-state index in [0.717, 1.165) is 35.3 Å². The van der Waals surface area contributed by atoms with Crippen molar-refractivity contribution in [3.8, 4) is 0 Å². The fourth-order valence-corrected chi connectivity index (χ4v) is 3.97. The van der Waals surface area contributed by atoms with Crippen LogP contribution in [0.3, 0.4) is 0 Å². The van der Waals surface area contributed by atoms with Gasteiger partial charge >= 0.3 is 0 Å². The van der Waals surface area contributed by atoms with E-state index >= 15 is 0 Å². The third-order valence-corrected chi connectivity index (χ3v) is 5.20. The minimum atomic E-state index is -0.250. The van der Waals surface area contributed by atoms with E-state index in [1.165, 1.54) is 12.8 Å². The molecule has 1 unspecified atom stereocenters. The van der Waals surface area contributed by atoms with Gasteiger partial charge < -0.3 is 14.6 Å². The molecule has 2 heterocycles. The molecule has 2 amide bonds. The molecule has 1 aliphatic carbocycles. The van der Waals surface area contributed by atoms with E-state index in [0.29, 0.717) is 19.0 Å². The molecule has 5 heteroatoms. The van der Waals surface area contributed by atoms with Crippen molar-refractivity contribution in [1.29, 1.82) is 0 Å². The highest BCUT2D eigenvalue weighted by molar-refractivity contribution is 5.98. The number of hydrogen-bond donors (Lipinski definition) is 1. The van der Waals surface area contributed by atoms with E-state index in [9.17, 15) is 9.59 Å². The van der Waals surface area contributed by atoms with Crippen LogP contribution in [0.2, 0.25) is 0 Å². The maximum Gasteiger partial charge on any atom is 0.229 e. The predicted molar refractivity (Wildman–Crippen MR) is 91.7 cm³/mol. The van der Waals surface area contributed by atoms with E-state index in [1.54, 1.807) is 0 Å². The first-order valence-corrected chi connectivity index (χ1v) is 8.71. The molecule has 2 aliphatic rings. The van der Waals surface area contributed by atoms with Crippen LogP contribution in [0.4, 0.5) is 5.69 Å². The lowest BCUT2D eigenvalue weighted by molar-refractivity contribution is -0.129. The van der Waals surface area contributed by atoms with Crippen molar-refractivity contribution in [1.82, 2.24) is 4.90 Å². The van der Waals surface area contributed by atoms with E-state index in [4.69, 9.17) is 4.42 Å². The smallest absolute Gasteiger partial charge is 0.229 e. The van der Waals surface area contributed by atoms with Gasteiger partial charge in [-0.2, -0.15) is 0 Å². The molecule has 4 rings (SSSR count). The van der Waals surface area contributed by atoms with Gasteiger partial charge in [0.05, 0.1) is 5.92 Å². The molecule has 2 fully saturated rings. The molecule has 126 valence electrons. The highest BCUT2D eigenvalue weighted by Gasteiger charge is 2.38. The first-order chi connectivity index (χ1) is 11.6. The summed E-state index contributed by atoms with van der Waals surface area (Å²) in [5, 5.41) is 3.93. The Morgan fingerprint density at radius 3 is 2.83 bits per heavy atom. The maximum atomic E-state index is 12.5. The number of benzene rings is 1. The fraction of sp³-hybridized carbons (Fsp3) is 0.474. The summed E-state index contributed by atoms with van der Waals surface area (Å²) < 4.78 is 5.55. The van der Waals surface area contributed by atoms with Crippen molar-refractivity contribution >= 4 is 28.5 Å². The normalized spacial score (nSPS) is 21.8. The average Bonchev–Trinajstić information content (AvgIpc) is 3.25. The summed E-state index contributed by atoms with van der Waals surface area (Å²) in [5.41, 5.74) is 1.56. The highest BCUT2D eigenvalue weighted by Crippen LogP contribution is 2.30. The number of nitrogens with one attached hydrogen (secondary N) is 1. The number of rotatable bonds is 3. The van der Waals surface area contributed by atoms with Gasteiger partial charge in [0.2, 0.25) is 11.8 Å². The van der Waals surface area contributed by atoms with Crippen LogP contribution < -0.4 is 5.32 Å². The maximum absolute atomic E-state index is 12.5. The van der Waals surface area contributed by atoms with Crippen LogP contribution in [0, 0.1) is 12.8 Å². The summed E-state index contributed by atoms with van der Waals surface area (Å²) in [6.45, 7) is 2.46. The number of aryl methyl sites for hydroxylation is 1. The van der Waals surface area contributed by atoms with Gasteiger partial charge in [-0.1, -0.05) is 12.8 Å². The molecular weight excluding hydrogens is 304 g/mol. The quantitative estimate of drug-likeness (QED) is 0.939. The zero-order valence-electron chi connectivity index (χ0n) is 13.9. The number of likely N-dealkylation sites (tertiary alicyclic amines) is 1. The third kappa shape index (κ3) is 2.79. The number of hydrogen-bond acceptors (Lipinski definition) is 3. The Morgan fingerprint density at radius 1 is 1.25 bits per heavy atom. The molecule has 1 saturated heterocycles. The number of anilines is 1. The summed E-state index contributed by atoms with van der Waals surface area (Å²) in [6.07, 6.45) is 4.87. The van der Waals surface area contributed by atoms with Gasteiger partial charge in [-0.15, -0.1) is 0 Å². The van der Waals surface area contributed by atoms with Crippen LogP contribution in [0.15, 0.2) is 28.7 Å². The molecule has 1 aromatic carbocycles. The van der Waals surface area contributed by atoms with Gasteiger partial charge in [0.1, 0.15) is 11.3 Å². The molecule has 0 radical (unpaired) electrons. The molecule has 5 nitrogen and oxygen atoms in total. The number of fused-ring (bicyclic) bond motifs is 1. The molecule has 24 heavy (non-hydrogen) atoms. The molecule has 1 N–H and O–H groups in total. The van der Waals surface area contributed by atoms with E-state index in [2.05, 4.69) is 5.32 Å². The lowest BCUT2D eigenvalue weighted by Crippen LogP contribution is -2.35. The fourth-order valence-electron chi connectivity index (χ4n) is 3.97. The predicted octanol–water partition coefficient (Wildman–Crippen LogP) is 3.47. The zero-order chi connectivity index (χ0) is 16.7. The summed E-state index contributed by atoms with van der Waals surface area (Å²) in [5.74, 6) is 0.660.